The van der Waals surface area contributed by atoms with Gasteiger partial charge in [0.05, 0.1) is 0 Å². The van der Waals surface area contributed by atoms with Crippen molar-refractivity contribution in [3.8, 4) is 0 Å². The summed E-state index contributed by atoms with van der Waals surface area (Å²) in [4.78, 5) is 10.8. The van der Waals surface area contributed by atoms with Gasteiger partial charge in [-0.3, -0.25) is 4.79 Å². The van der Waals surface area contributed by atoms with Crippen LogP contribution in [0.15, 0.2) is 12.2 Å². The Labute approximate surface area is 68.5 Å². The Morgan fingerprint density at radius 1 is 1.55 bits per heavy atom. The zero-order valence-electron chi connectivity index (χ0n) is 7.55. The molecular weight excluding hydrogens is 138 g/mol. The average molecular weight is 155 g/mol. The number of rotatable bonds is 4. The molecule has 0 atom stereocenters. The van der Waals surface area contributed by atoms with Crippen LogP contribution in [0.3, 0.4) is 0 Å². The minimum absolute atomic E-state index is 0.0365. The highest BCUT2D eigenvalue weighted by Gasteiger charge is 2.15. The molecule has 0 amide bonds. The van der Waals surface area contributed by atoms with Gasteiger partial charge in [0.2, 0.25) is 0 Å². The molecule has 0 unspecified atom stereocenters. The quantitative estimate of drug-likeness (QED) is 0.625. The lowest BCUT2D eigenvalue weighted by atomic mass is 9.87. The minimum Gasteiger partial charge on any atom is -0.327 e. The lowest BCUT2D eigenvalue weighted by Gasteiger charge is -2.17. The van der Waals surface area contributed by atoms with E-state index in [0.717, 1.165) is 0 Å². The van der Waals surface area contributed by atoms with Crippen molar-refractivity contribution >= 4 is 5.78 Å². The fourth-order valence-electron chi connectivity index (χ4n) is 1.09. The van der Waals surface area contributed by atoms with Crippen LogP contribution in [0.4, 0.5) is 0 Å². The molecule has 0 bridgehead atoms. The first kappa shape index (κ1) is 10.4. The Morgan fingerprint density at radius 3 is 2.45 bits per heavy atom. The van der Waals surface area contributed by atoms with Gasteiger partial charge in [-0.15, -0.1) is 0 Å². The Bertz CT molecular complexity index is 159. The first-order valence-corrected chi connectivity index (χ1v) is 3.85. The van der Waals surface area contributed by atoms with Crippen LogP contribution in [-0.4, -0.2) is 12.3 Å². The van der Waals surface area contributed by atoms with Crippen molar-refractivity contribution in [3.05, 3.63) is 12.2 Å². The van der Waals surface area contributed by atoms with Gasteiger partial charge in [0.15, 0.2) is 0 Å². The maximum Gasteiger partial charge on any atom is 0.130 e. The van der Waals surface area contributed by atoms with Crippen LogP contribution in [0.2, 0.25) is 0 Å². The third kappa shape index (κ3) is 5.80. The molecule has 0 radical (unpaired) electrons. The Hall–Kier alpha value is -0.630. The van der Waals surface area contributed by atoms with E-state index in [4.69, 9.17) is 5.73 Å². The molecule has 0 aromatic rings. The second-order valence-electron chi connectivity index (χ2n) is 3.51. The van der Waals surface area contributed by atoms with Crippen LogP contribution < -0.4 is 5.73 Å². The SMILES string of the molecule is CC(=O)CC(C)(C)C=CCN. The number of hydrogen-bond acceptors (Lipinski definition) is 2. The number of Topliss-reactive ketones (excluding diaryl/α,β-unsaturated/α-hetero) is 1. The molecular formula is C9H17NO. The minimum atomic E-state index is -0.0365. The zero-order chi connectivity index (χ0) is 8.91. The van der Waals surface area contributed by atoms with Crippen LogP contribution in [0.25, 0.3) is 0 Å². The van der Waals surface area contributed by atoms with E-state index < -0.39 is 0 Å². The van der Waals surface area contributed by atoms with E-state index in [2.05, 4.69) is 0 Å². The Kier molecular flexibility index (Phi) is 4.04. The molecule has 64 valence electrons. The monoisotopic (exact) mass is 155 g/mol. The highest BCUT2D eigenvalue weighted by atomic mass is 16.1. The highest BCUT2D eigenvalue weighted by molar-refractivity contribution is 5.76. The summed E-state index contributed by atoms with van der Waals surface area (Å²) in [6, 6.07) is 0. The fourth-order valence-corrected chi connectivity index (χ4v) is 1.09. The zero-order valence-corrected chi connectivity index (χ0v) is 7.55. The number of carbonyl (C=O) groups excluding carboxylic acids is 1. The van der Waals surface area contributed by atoms with Crippen LogP contribution in [0.5, 0.6) is 0 Å². The Balaban J connectivity index is 3.99. The summed E-state index contributed by atoms with van der Waals surface area (Å²) < 4.78 is 0. The normalized spacial score (nSPS) is 12.4. The summed E-state index contributed by atoms with van der Waals surface area (Å²) in [6.45, 7) is 6.21. The molecule has 2 heteroatoms. The van der Waals surface area contributed by atoms with Crippen molar-refractivity contribution in [2.75, 3.05) is 6.54 Å². The average Bonchev–Trinajstić information content (AvgIpc) is 1.81. The van der Waals surface area contributed by atoms with Gasteiger partial charge in [0.1, 0.15) is 5.78 Å². The number of ketones is 1. The maximum absolute atomic E-state index is 10.8. The number of allylic oxidation sites excluding steroid dienone is 1. The van der Waals surface area contributed by atoms with Gasteiger partial charge < -0.3 is 5.73 Å². The summed E-state index contributed by atoms with van der Waals surface area (Å²) in [6.07, 6.45) is 4.47. The topological polar surface area (TPSA) is 43.1 Å². The molecule has 0 aliphatic rings. The van der Waals surface area contributed by atoms with Crippen molar-refractivity contribution in [3.63, 3.8) is 0 Å². The molecule has 0 heterocycles. The number of nitrogens with two attached hydrogens (primary N) is 1. The first-order valence-electron chi connectivity index (χ1n) is 3.85. The first-order chi connectivity index (χ1) is 4.98. The molecule has 0 saturated heterocycles. The van der Waals surface area contributed by atoms with Crippen LogP contribution >= 0.6 is 0 Å². The van der Waals surface area contributed by atoms with Crippen molar-refractivity contribution in [2.45, 2.75) is 27.2 Å². The maximum atomic E-state index is 10.8. The lowest BCUT2D eigenvalue weighted by molar-refractivity contribution is -0.118. The summed E-state index contributed by atoms with van der Waals surface area (Å²) in [5.74, 6) is 0.219. The van der Waals surface area contributed by atoms with Gasteiger partial charge in [0.25, 0.3) is 0 Å². The molecule has 0 aliphatic heterocycles. The van der Waals surface area contributed by atoms with Gasteiger partial charge in [0, 0.05) is 13.0 Å². The summed E-state index contributed by atoms with van der Waals surface area (Å²) in [5, 5.41) is 0. The smallest absolute Gasteiger partial charge is 0.130 e. The predicted molar refractivity (Wildman–Crippen MR) is 47.3 cm³/mol. The Morgan fingerprint density at radius 2 is 2.09 bits per heavy atom. The standard InChI is InChI=1S/C9H17NO/c1-8(11)7-9(2,3)5-4-6-10/h4-5H,6-7,10H2,1-3H3. The van der Waals surface area contributed by atoms with Crippen LogP contribution in [0, 0.1) is 5.41 Å². The van der Waals surface area contributed by atoms with E-state index in [0.29, 0.717) is 13.0 Å². The van der Waals surface area contributed by atoms with Crippen molar-refractivity contribution in [2.24, 2.45) is 11.1 Å². The molecule has 0 aliphatic carbocycles. The molecule has 0 rings (SSSR count). The summed E-state index contributed by atoms with van der Waals surface area (Å²) in [7, 11) is 0. The lowest BCUT2D eigenvalue weighted by Crippen LogP contribution is -2.12. The van der Waals surface area contributed by atoms with E-state index in [1.165, 1.54) is 0 Å². The molecule has 0 saturated carbocycles. The van der Waals surface area contributed by atoms with Gasteiger partial charge >= 0.3 is 0 Å². The van der Waals surface area contributed by atoms with E-state index in [1.54, 1.807) is 6.92 Å². The summed E-state index contributed by atoms with van der Waals surface area (Å²) in [5.41, 5.74) is 5.26. The van der Waals surface area contributed by atoms with E-state index in [9.17, 15) is 4.79 Å². The van der Waals surface area contributed by atoms with Gasteiger partial charge in [-0.1, -0.05) is 26.0 Å². The van der Waals surface area contributed by atoms with Crippen molar-refractivity contribution < 1.29 is 4.79 Å². The fraction of sp³-hybridized carbons (Fsp3) is 0.667. The van der Waals surface area contributed by atoms with E-state index in [-0.39, 0.29) is 11.2 Å². The third-order valence-corrected chi connectivity index (χ3v) is 1.41. The highest BCUT2D eigenvalue weighted by Crippen LogP contribution is 2.21. The largest absolute Gasteiger partial charge is 0.327 e. The molecule has 0 fully saturated rings. The number of hydrogen-bond donors (Lipinski definition) is 1. The molecule has 0 aromatic heterocycles. The third-order valence-electron chi connectivity index (χ3n) is 1.41. The molecule has 2 nitrogen and oxygen atoms in total. The molecule has 11 heavy (non-hydrogen) atoms. The second-order valence-corrected chi connectivity index (χ2v) is 3.51. The molecule has 0 aromatic carbocycles. The predicted octanol–water partition coefficient (Wildman–Crippen LogP) is 1.51. The van der Waals surface area contributed by atoms with Gasteiger partial charge in [-0.25, -0.2) is 0 Å². The van der Waals surface area contributed by atoms with Crippen molar-refractivity contribution in [1.82, 2.24) is 0 Å². The van der Waals surface area contributed by atoms with Gasteiger partial charge in [-0.05, 0) is 12.3 Å². The van der Waals surface area contributed by atoms with E-state index in [1.807, 2.05) is 26.0 Å². The number of carbonyl (C=O) groups is 1. The molecule has 2 N–H and O–H groups in total. The van der Waals surface area contributed by atoms with Crippen LogP contribution in [0.1, 0.15) is 27.2 Å². The molecule has 0 spiro atoms. The van der Waals surface area contributed by atoms with E-state index >= 15 is 0 Å². The van der Waals surface area contributed by atoms with Crippen molar-refractivity contribution in [1.29, 1.82) is 0 Å². The second kappa shape index (κ2) is 4.29. The summed E-state index contributed by atoms with van der Waals surface area (Å²) >= 11 is 0. The van der Waals surface area contributed by atoms with Gasteiger partial charge in [-0.2, -0.15) is 0 Å². The van der Waals surface area contributed by atoms with Crippen LogP contribution in [-0.2, 0) is 4.79 Å².